The van der Waals surface area contributed by atoms with Crippen molar-refractivity contribution >= 4 is 11.5 Å². The van der Waals surface area contributed by atoms with Gasteiger partial charge in [-0.25, -0.2) is 4.79 Å². The third-order valence-electron chi connectivity index (χ3n) is 5.80. The molecule has 0 saturated heterocycles. The Balaban J connectivity index is 2.05. The Bertz CT molecular complexity index is 1090. The van der Waals surface area contributed by atoms with Crippen LogP contribution < -0.4 is 0 Å². The Morgan fingerprint density at radius 1 is 1.06 bits per heavy atom. The first-order chi connectivity index (χ1) is 15.1. The highest BCUT2D eigenvalue weighted by molar-refractivity contribution is 6.10. The highest BCUT2D eigenvalue weighted by Gasteiger charge is 2.32. The zero-order chi connectivity index (χ0) is 22.4. The van der Waals surface area contributed by atoms with Gasteiger partial charge in [-0.2, -0.15) is 10.5 Å². The van der Waals surface area contributed by atoms with Gasteiger partial charge in [0.2, 0.25) is 0 Å². The summed E-state index contributed by atoms with van der Waals surface area (Å²) < 4.78 is 5.69. The van der Waals surface area contributed by atoms with Gasteiger partial charge < -0.3 is 9.84 Å². The second-order valence-corrected chi connectivity index (χ2v) is 7.72. The van der Waals surface area contributed by atoms with Crippen LogP contribution in [-0.4, -0.2) is 23.8 Å². The summed E-state index contributed by atoms with van der Waals surface area (Å²) in [5.74, 6) is -0.0680. The van der Waals surface area contributed by atoms with Gasteiger partial charge in [0.25, 0.3) is 0 Å². The van der Waals surface area contributed by atoms with E-state index in [2.05, 4.69) is 13.8 Å². The predicted molar refractivity (Wildman–Crippen MR) is 119 cm³/mol. The van der Waals surface area contributed by atoms with Gasteiger partial charge in [-0.1, -0.05) is 69.5 Å². The maximum atomic E-state index is 13.0. The maximum absolute atomic E-state index is 13.0. The molecule has 2 atom stereocenters. The monoisotopic (exact) mass is 414 g/mol. The first-order valence-electron chi connectivity index (χ1n) is 10.7. The first kappa shape index (κ1) is 22.3. The topological polar surface area (TPSA) is 94.1 Å². The Morgan fingerprint density at radius 2 is 1.77 bits per heavy atom. The number of esters is 1. The van der Waals surface area contributed by atoms with E-state index >= 15 is 0 Å². The Hall–Kier alpha value is -3.41. The van der Waals surface area contributed by atoms with E-state index in [-0.39, 0.29) is 5.57 Å². The number of aliphatic hydroxyl groups is 1. The molecule has 0 bridgehead atoms. The molecule has 0 saturated carbocycles. The highest BCUT2D eigenvalue weighted by Crippen LogP contribution is 2.47. The van der Waals surface area contributed by atoms with Crippen LogP contribution >= 0.6 is 0 Å². The molecule has 0 heterocycles. The number of aliphatic hydroxyl groups excluding tert-OH is 1. The average Bonchev–Trinajstić information content (AvgIpc) is 3.14. The number of hydrogen-bond donors (Lipinski definition) is 1. The van der Waals surface area contributed by atoms with Crippen LogP contribution in [0.1, 0.15) is 61.0 Å². The molecule has 2 aromatic rings. The summed E-state index contributed by atoms with van der Waals surface area (Å²) in [6.45, 7) is 4.62. The number of unbranched alkanes of at least 4 members (excludes halogenated alkanes) is 1. The Labute approximate surface area is 183 Å². The zero-order valence-electron chi connectivity index (χ0n) is 17.9. The number of nitriles is 2. The summed E-state index contributed by atoms with van der Waals surface area (Å²) >= 11 is 0. The number of rotatable bonds is 8. The lowest BCUT2D eigenvalue weighted by Crippen LogP contribution is -2.15. The van der Waals surface area contributed by atoms with Gasteiger partial charge in [-0.3, -0.25) is 0 Å². The molecule has 158 valence electrons. The average molecular weight is 415 g/mol. The normalized spacial score (nSPS) is 15.1. The van der Waals surface area contributed by atoms with Crippen molar-refractivity contribution < 1.29 is 14.6 Å². The molecule has 2 unspecified atom stereocenters. The fourth-order valence-electron chi connectivity index (χ4n) is 4.06. The van der Waals surface area contributed by atoms with Crippen molar-refractivity contribution in [1.29, 1.82) is 10.5 Å². The summed E-state index contributed by atoms with van der Waals surface area (Å²) in [6.07, 6.45) is 2.65. The molecule has 5 heteroatoms. The van der Waals surface area contributed by atoms with Crippen LogP contribution in [0.4, 0.5) is 0 Å². The van der Waals surface area contributed by atoms with E-state index in [1.807, 2.05) is 30.3 Å². The number of benzene rings is 2. The summed E-state index contributed by atoms with van der Waals surface area (Å²) in [4.78, 5) is 13.0. The summed E-state index contributed by atoms with van der Waals surface area (Å²) in [5, 5.41) is 29.0. The van der Waals surface area contributed by atoms with Crippen LogP contribution in [0.15, 0.2) is 48.0 Å². The lowest BCUT2D eigenvalue weighted by Gasteiger charge is -2.16. The number of carbonyl (C=O) groups is 1. The number of ether oxygens (including phenoxy) is 1. The summed E-state index contributed by atoms with van der Waals surface area (Å²) in [6, 6.07) is 16.4. The molecular weight excluding hydrogens is 388 g/mol. The lowest BCUT2D eigenvalue weighted by molar-refractivity contribution is 0.0429. The molecule has 1 aliphatic carbocycles. The number of nitrogens with zero attached hydrogens (tertiary/aromatic N) is 2. The molecule has 0 radical (unpaired) electrons. The Morgan fingerprint density at radius 3 is 2.42 bits per heavy atom. The fourth-order valence-corrected chi connectivity index (χ4v) is 4.06. The minimum absolute atomic E-state index is 0.0233. The molecule has 1 aliphatic rings. The van der Waals surface area contributed by atoms with Gasteiger partial charge >= 0.3 is 5.97 Å². The molecule has 0 amide bonds. The smallest absolute Gasteiger partial charge is 0.338 e. The van der Waals surface area contributed by atoms with E-state index in [9.17, 15) is 20.4 Å². The van der Waals surface area contributed by atoms with Gasteiger partial charge in [0.05, 0.1) is 29.9 Å². The SMILES string of the molecule is CCCCC(CC)COC(=O)c1cccc2c1-c1ccccc1C2=C(C#N)C(O)C#N. The van der Waals surface area contributed by atoms with Crippen molar-refractivity contribution in [3.63, 3.8) is 0 Å². The van der Waals surface area contributed by atoms with E-state index < -0.39 is 12.1 Å². The van der Waals surface area contributed by atoms with Crippen molar-refractivity contribution in [3.8, 4) is 23.3 Å². The van der Waals surface area contributed by atoms with Crippen molar-refractivity contribution in [2.24, 2.45) is 5.92 Å². The molecule has 1 N–H and O–H groups in total. The van der Waals surface area contributed by atoms with Crippen molar-refractivity contribution in [2.45, 2.75) is 45.6 Å². The van der Waals surface area contributed by atoms with E-state index in [0.29, 0.717) is 34.8 Å². The van der Waals surface area contributed by atoms with Gasteiger partial charge in [0, 0.05) is 11.1 Å². The van der Waals surface area contributed by atoms with Crippen molar-refractivity contribution in [3.05, 3.63) is 64.7 Å². The fraction of sp³-hybridized carbons (Fsp3) is 0.346. The van der Waals surface area contributed by atoms with Crippen LogP contribution in [0.5, 0.6) is 0 Å². The number of fused-ring (bicyclic) bond motifs is 3. The molecule has 31 heavy (non-hydrogen) atoms. The summed E-state index contributed by atoms with van der Waals surface area (Å²) in [7, 11) is 0. The highest BCUT2D eigenvalue weighted by atomic mass is 16.5. The van der Waals surface area contributed by atoms with Crippen LogP contribution in [0.2, 0.25) is 0 Å². The molecule has 0 aliphatic heterocycles. The second kappa shape index (κ2) is 10.1. The van der Waals surface area contributed by atoms with Gasteiger partial charge in [-0.15, -0.1) is 0 Å². The second-order valence-electron chi connectivity index (χ2n) is 7.72. The quantitative estimate of drug-likeness (QED) is 0.309. The van der Waals surface area contributed by atoms with Gasteiger partial charge in [-0.05, 0) is 35.1 Å². The molecule has 2 aromatic carbocycles. The molecule has 0 fully saturated rings. The predicted octanol–water partition coefficient (Wildman–Crippen LogP) is 5.25. The largest absolute Gasteiger partial charge is 0.462 e. The minimum Gasteiger partial charge on any atom is -0.462 e. The van der Waals surface area contributed by atoms with Gasteiger partial charge in [0.1, 0.15) is 0 Å². The molecule has 0 spiro atoms. The van der Waals surface area contributed by atoms with Crippen LogP contribution in [0, 0.1) is 28.6 Å². The van der Waals surface area contributed by atoms with E-state index in [1.165, 1.54) is 0 Å². The number of carbonyl (C=O) groups excluding carboxylic acids is 1. The van der Waals surface area contributed by atoms with Crippen LogP contribution in [0.25, 0.3) is 16.7 Å². The van der Waals surface area contributed by atoms with Crippen molar-refractivity contribution in [1.82, 2.24) is 0 Å². The van der Waals surface area contributed by atoms with Gasteiger partial charge in [0.15, 0.2) is 6.10 Å². The van der Waals surface area contributed by atoms with E-state index in [1.54, 1.807) is 24.3 Å². The van der Waals surface area contributed by atoms with Crippen LogP contribution in [0.3, 0.4) is 0 Å². The third kappa shape index (κ3) is 4.38. The minimum atomic E-state index is -1.54. The van der Waals surface area contributed by atoms with E-state index in [0.717, 1.165) is 36.8 Å². The molecule has 5 nitrogen and oxygen atoms in total. The van der Waals surface area contributed by atoms with Crippen molar-refractivity contribution in [2.75, 3.05) is 6.61 Å². The van der Waals surface area contributed by atoms with E-state index in [4.69, 9.17) is 4.74 Å². The first-order valence-corrected chi connectivity index (χ1v) is 10.7. The standard InChI is InChI=1S/C26H26N2O3/c1-3-5-9-17(4-2)16-31-26(30)21-13-8-12-20-24(21)18-10-6-7-11-19(18)25(20)22(14-27)23(29)15-28/h6-8,10-13,17,23,29H,3-5,9,16H2,1-2H3. The summed E-state index contributed by atoms with van der Waals surface area (Å²) in [5.41, 5.74) is 3.73. The molecular formula is C26H26N2O3. The third-order valence-corrected chi connectivity index (χ3v) is 5.80. The lowest BCUT2D eigenvalue weighted by atomic mass is 9.95. The molecule has 0 aromatic heterocycles. The van der Waals surface area contributed by atoms with Crippen LogP contribution in [-0.2, 0) is 4.74 Å². The maximum Gasteiger partial charge on any atom is 0.338 e. The molecule has 3 rings (SSSR count). The number of hydrogen-bond acceptors (Lipinski definition) is 5. The zero-order valence-corrected chi connectivity index (χ0v) is 17.9. The Kier molecular flexibility index (Phi) is 7.23.